The van der Waals surface area contributed by atoms with Gasteiger partial charge in [-0.3, -0.25) is 9.59 Å². The van der Waals surface area contributed by atoms with E-state index in [-0.39, 0.29) is 40.9 Å². The summed E-state index contributed by atoms with van der Waals surface area (Å²) in [6.45, 7) is 8.33. The summed E-state index contributed by atoms with van der Waals surface area (Å²) in [6.07, 6.45) is -0.353. The van der Waals surface area contributed by atoms with E-state index in [0.29, 0.717) is 25.1 Å². The number of nitrogens with one attached hydrogen (secondary N) is 3. The first-order valence-corrected chi connectivity index (χ1v) is 12.8. The molecule has 13 heteroatoms. The van der Waals surface area contributed by atoms with Crippen molar-refractivity contribution >= 4 is 29.3 Å². The molecule has 0 bridgehead atoms. The second-order valence-corrected chi connectivity index (χ2v) is 7.88. The fourth-order valence-corrected chi connectivity index (χ4v) is 3.75. The van der Waals surface area contributed by atoms with E-state index in [1.54, 1.807) is 13.1 Å². The van der Waals surface area contributed by atoms with Crippen LogP contribution >= 0.6 is 0 Å². The van der Waals surface area contributed by atoms with Gasteiger partial charge in [-0.25, -0.2) is 13.2 Å². The van der Waals surface area contributed by atoms with Crippen molar-refractivity contribution in [3.05, 3.63) is 77.3 Å². The third-order valence-electron chi connectivity index (χ3n) is 5.65. The van der Waals surface area contributed by atoms with Crippen molar-refractivity contribution in [1.29, 1.82) is 0 Å². The largest absolute Gasteiger partial charge is 0.416 e. The standard InChI is InChI=1S/C16H17F2N3O2.C8H5F4NO.2C2H6/c1-19-11-6-8-21(16(11)23)12-5-4-9(13(17)14(12)18)10-3-2-7-20-15(10)22;9-6-3-5(8(10,11)12)1-2-7(6)13-4-14;2*1-2/h2-5,7,11,15,19-20,22H,6,8H2,1H3;1-4H,(H,13,14);2*1-2H3. The topological polar surface area (TPSA) is 93.7 Å². The molecule has 4 rings (SSSR count). The molecule has 0 radical (unpaired) electrons. The number of aliphatic hydroxyl groups is 1. The molecule has 226 valence electrons. The Morgan fingerprint density at radius 2 is 1.71 bits per heavy atom. The van der Waals surface area contributed by atoms with Gasteiger partial charge < -0.3 is 26.0 Å². The summed E-state index contributed by atoms with van der Waals surface area (Å²) in [5.41, 5.74) is -1.26. The summed E-state index contributed by atoms with van der Waals surface area (Å²) in [5, 5.41) is 17.2. The smallest absolute Gasteiger partial charge is 0.369 e. The summed E-state index contributed by atoms with van der Waals surface area (Å²) in [6, 6.07) is 4.24. The number of hydrogen-bond acceptors (Lipinski definition) is 5. The van der Waals surface area contributed by atoms with Crippen LogP contribution in [0.25, 0.3) is 5.57 Å². The van der Waals surface area contributed by atoms with Crippen LogP contribution in [0.15, 0.2) is 48.7 Å². The van der Waals surface area contributed by atoms with E-state index < -0.39 is 35.4 Å². The van der Waals surface area contributed by atoms with Crippen molar-refractivity contribution in [2.75, 3.05) is 23.8 Å². The van der Waals surface area contributed by atoms with Crippen LogP contribution < -0.4 is 20.9 Å². The minimum atomic E-state index is -4.58. The summed E-state index contributed by atoms with van der Waals surface area (Å²) < 4.78 is 77.8. The van der Waals surface area contributed by atoms with Crippen LogP contribution in [-0.2, 0) is 15.8 Å². The number of carbonyl (C=O) groups is 2. The van der Waals surface area contributed by atoms with Gasteiger partial charge in [0.2, 0.25) is 12.3 Å². The number of nitrogens with zero attached hydrogens (tertiary/aromatic N) is 1. The lowest BCUT2D eigenvalue weighted by molar-refractivity contribution is -0.137. The quantitative estimate of drug-likeness (QED) is 0.271. The van der Waals surface area contributed by atoms with Gasteiger partial charge in [-0.05, 0) is 56.1 Å². The number of aliphatic hydroxyl groups excluding tert-OH is 1. The minimum Gasteiger partial charge on any atom is -0.369 e. The molecule has 0 saturated carbocycles. The highest BCUT2D eigenvalue weighted by molar-refractivity contribution is 5.99. The third-order valence-corrected chi connectivity index (χ3v) is 5.65. The molecule has 2 aliphatic heterocycles. The molecule has 1 saturated heterocycles. The van der Waals surface area contributed by atoms with Crippen molar-refractivity contribution in [3.63, 3.8) is 0 Å². The highest BCUT2D eigenvalue weighted by Gasteiger charge is 2.34. The fourth-order valence-electron chi connectivity index (χ4n) is 3.75. The maximum Gasteiger partial charge on any atom is 0.416 e. The minimum absolute atomic E-state index is 0.0348. The van der Waals surface area contributed by atoms with Crippen molar-refractivity contribution < 1.29 is 41.0 Å². The third kappa shape index (κ3) is 8.82. The maximum absolute atomic E-state index is 14.5. The number of halogens is 6. The molecule has 2 aromatic rings. The molecule has 0 spiro atoms. The number of hydrogen-bond donors (Lipinski definition) is 4. The Hall–Kier alpha value is -3.84. The number of dihydropyridines is 1. The molecule has 0 aromatic heterocycles. The van der Waals surface area contributed by atoms with Gasteiger partial charge in [-0.1, -0.05) is 33.8 Å². The summed E-state index contributed by atoms with van der Waals surface area (Å²) in [7, 11) is 1.66. The van der Waals surface area contributed by atoms with Crippen molar-refractivity contribution in [2.45, 2.75) is 52.6 Å². The molecule has 4 N–H and O–H groups in total. The molecule has 2 unspecified atom stereocenters. The lowest BCUT2D eigenvalue weighted by atomic mass is 10.0. The van der Waals surface area contributed by atoms with E-state index in [1.807, 2.05) is 33.0 Å². The Labute approximate surface area is 234 Å². The van der Waals surface area contributed by atoms with E-state index in [0.717, 1.165) is 6.07 Å². The van der Waals surface area contributed by atoms with Crippen LogP contribution in [0.5, 0.6) is 0 Å². The molecule has 7 nitrogen and oxygen atoms in total. The van der Waals surface area contributed by atoms with Crippen LogP contribution in [-0.4, -0.2) is 43.3 Å². The zero-order valence-electron chi connectivity index (χ0n) is 23.2. The van der Waals surface area contributed by atoms with Crippen molar-refractivity contribution in [1.82, 2.24) is 10.6 Å². The number of allylic oxidation sites excluding steroid dienone is 2. The Morgan fingerprint density at radius 1 is 1.05 bits per heavy atom. The zero-order valence-corrected chi connectivity index (χ0v) is 23.2. The van der Waals surface area contributed by atoms with E-state index in [1.165, 1.54) is 29.3 Å². The average molecular weight is 589 g/mol. The van der Waals surface area contributed by atoms with Crippen LogP contribution in [0.4, 0.5) is 37.7 Å². The number of amides is 2. The van der Waals surface area contributed by atoms with Crippen molar-refractivity contribution in [3.8, 4) is 0 Å². The van der Waals surface area contributed by atoms with Gasteiger partial charge in [-0.15, -0.1) is 0 Å². The normalized spacial score (nSPS) is 17.5. The summed E-state index contributed by atoms with van der Waals surface area (Å²) in [4.78, 5) is 23.3. The predicted molar refractivity (Wildman–Crippen MR) is 146 cm³/mol. The molecular formula is C28H34F6N4O3. The lowest BCUT2D eigenvalue weighted by Crippen LogP contribution is -2.36. The molecule has 2 atom stereocenters. The molecule has 0 aliphatic carbocycles. The van der Waals surface area contributed by atoms with Gasteiger partial charge in [0, 0.05) is 17.7 Å². The van der Waals surface area contributed by atoms with Crippen molar-refractivity contribution in [2.24, 2.45) is 0 Å². The maximum atomic E-state index is 14.5. The van der Waals surface area contributed by atoms with Crippen LogP contribution in [0.1, 0.15) is 45.2 Å². The monoisotopic (exact) mass is 588 g/mol. The van der Waals surface area contributed by atoms with E-state index in [4.69, 9.17) is 0 Å². The molecule has 1 fully saturated rings. The van der Waals surface area contributed by atoms with Crippen LogP contribution in [0.2, 0.25) is 0 Å². The van der Waals surface area contributed by atoms with Crippen LogP contribution in [0.3, 0.4) is 0 Å². The fraction of sp³-hybridized carbons (Fsp3) is 0.357. The number of likely N-dealkylation sites (N-methyl/N-ethyl adjacent to an activating group) is 1. The van der Waals surface area contributed by atoms with Gasteiger partial charge in [0.15, 0.2) is 17.9 Å². The molecule has 2 aromatic carbocycles. The summed E-state index contributed by atoms with van der Waals surface area (Å²) in [5.74, 6) is -3.56. The van der Waals surface area contributed by atoms with E-state index in [2.05, 4.69) is 10.6 Å². The summed E-state index contributed by atoms with van der Waals surface area (Å²) >= 11 is 0. The molecule has 2 heterocycles. The first-order chi connectivity index (χ1) is 19.5. The first-order valence-electron chi connectivity index (χ1n) is 12.8. The molecular weight excluding hydrogens is 554 g/mol. The number of alkyl halides is 3. The van der Waals surface area contributed by atoms with E-state index in [9.17, 15) is 41.0 Å². The number of carbonyl (C=O) groups excluding carboxylic acids is 2. The Morgan fingerprint density at radius 3 is 2.22 bits per heavy atom. The number of benzene rings is 2. The molecule has 41 heavy (non-hydrogen) atoms. The SMILES string of the molecule is CC.CC.CNC1CCN(c2ccc(C3=CC=CNC3O)c(F)c2F)C1=O.O=CNc1ccc(C(F)(F)F)cc1F. The molecule has 2 amide bonds. The Balaban J connectivity index is 0.000000402. The Kier molecular flexibility index (Phi) is 14.1. The van der Waals surface area contributed by atoms with Gasteiger partial charge in [0.25, 0.3) is 0 Å². The number of anilines is 2. The zero-order chi connectivity index (χ0) is 31.3. The van der Waals surface area contributed by atoms with Crippen LogP contribution in [0, 0.1) is 17.5 Å². The van der Waals surface area contributed by atoms with Gasteiger partial charge in [0.05, 0.1) is 23.0 Å². The lowest BCUT2D eigenvalue weighted by Gasteiger charge is -2.22. The predicted octanol–water partition coefficient (Wildman–Crippen LogP) is 5.57. The van der Waals surface area contributed by atoms with Gasteiger partial charge in [-0.2, -0.15) is 13.2 Å². The van der Waals surface area contributed by atoms with E-state index >= 15 is 0 Å². The average Bonchev–Trinajstić information content (AvgIpc) is 3.34. The second kappa shape index (κ2) is 16.4. The highest BCUT2D eigenvalue weighted by atomic mass is 19.4. The molecule has 2 aliphatic rings. The first kappa shape index (κ1) is 35.2. The second-order valence-electron chi connectivity index (χ2n) is 7.88. The van der Waals surface area contributed by atoms with Gasteiger partial charge >= 0.3 is 6.18 Å². The highest BCUT2D eigenvalue weighted by Crippen LogP contribution is 2.32. The number of rotatable bonds is 5. The Bertz CT molecular complexity index is 1230. The van der Waals surface area contributed by atoms with Gasteiger partial charge in [0.1, 0.15) is 5.82 Å².